The molecule has 0 amide bonds. The number of nitrogens with zero attached hydrogens (tertiary/aromatic N) is 1. The van der Waals surface area contributed by atoms with E-state index in [-0.39, 0.29) is 4.11 Å². The average Bonchev–Trinajstić information content (AvgIpc) is 3.50. The van der Waals surface area contributed by atoms with Crippen molar-refractivity contribution >= 4 is 45.7 Å². The number of benzene rings is 3. The van der Waals surface area contributed by atoms with Crippen LogP contribution in [0.1, 0.15) is 61.8 Å². The molecule has 1 aliphatic heterocycles. The predicted octanol–water partition coefficient (Wildman–Crippen LogP) is 9.95. The summed E-state index contributed by atoms with van der Waals surface area (Å²) in [5.41, 5.74) is 6.85. The fraction of sp³-hybridized carbons (Fsp3) is 0.400. The summed E-state index contributed by atoms with van der Waals surface area (Å²) in [6.07, 6.45) is 6.77. The van der Waals surface area contributed by atoms with E-state index >= 15 is 0 Å². The first-order chi connectivity index (χ1) is 21.1. The molecule has 0 spiro atoms. The highest BCUT2D eigenvalue weighted by Crippen LogP contribution is 2.41. The summed E-state index contributed by atoms with van der Waals surface area (Å²) in [7, 11) is 1.74. The van der Waals surface area contributed by atoms with E-state index in [9.17, 15) is 0 Å². The van der Waals surface area contributed by atoms with Gasteiger partial charge in [-0.05, 0) is 77.6 Å². The monoisotopic (exact) mass is 729 g/mol. The Bertz CT molecular complexity index is 1480. The lowest BCUT2D eigenvalue weighted by atomic mass is 9.99. The lowest BCUT2D eigenvalue weighted by molar-refractivity contribution is 0.238. The lowest BCUT2D eigenvalue weighted by Gasteiger charge is -2.26. The molecule has 0 fully saturated rings. The number of fused-ring (bicyclic) bond motifs is 1. The van der Waals surface area contributed by atoms with Gasteiger partial charge in [0.1, 0.15) is 27.1 Å². The van der Waals surface area contributed by atoms with Gasteiger partial charge in [-0.15, -0.1) is 11.3 Å². The van der Waals surface area contributed by atoms with Gasteiger partial charge in [-0.3, -0.25) is 0 Å². The van der Waals surface area contributed by atoms with Gasteiger partial charge in [-0.2, -0.15) is 0 Å². The largest absolute Gasteiger partial charge is 0.496 e. The van der Waals surface area contributed by atoms with Crippen molar-refractivity contribution in [3.8, 4) is 34.3 Å². The highest BCUT2D eigenvalue weighted by Gasteiger charge is 2.23. The molecule has 5 nitrogen and oxygen atoms in total. The van der Waals surface area contributed by atoms with Gasteiger partial charge in [0.2, 0.25) is 0 Å². The first kappa shape index (κ1) is 32.0. The van der Waals surface area contributed by atoms with Gasteiger partial charge < -0.3 is 18.9 Å². The van der Waals surface area contributed by atoms with Crippen LogP contribution in [0.2, 0.25) is 0 Å². The van der Waals surface area contributed by atoms with Crippen LogP contribution in [-0.2, 0) is 25.0 Å². The van der Waals surface area contributed by atoms with Gasteiger partial charge >= 0.3 is 0 Å². The van der Waals surface area contributed by atoms with E-state index in [0.717, 1.165) is 94.9 Å². The second-order valence-corrected chi connectivity index (χ2v) is 14.0. The number of hydrogen-bond donors (Lipinski definition) is 0. The summed E-state index contributed by atoms with van der Waals surface area (Å²) in [5, 5.41) is 2.12. The van der Waals surface area contributed by atoms with Crippen LogP contribution in [0.4, 0.5) is 0 Å². The molecule has 3 aromatic carbocycles. The van der Waals surface area contributed by atoms with Crippen LogP contribution in [-0.4, -0.2) is 29.4 Å². The van der Waals surface area contributed by atoms with Gasteiger partial charge in [-0.1, -0.05) is 74.8 Å². The smallest absolute Gasteiger partial charge is 0.150 e. The zero-order valence-electron chi connectivity index (χ0n) is 25.2. The summed E-state index contributed by atoms with van der Waals surface area (Å²) in [6.45, 7) is 5.54. The molecular weight excluding hydrogens is 689 g/mol. The third-order valence-electron chi connectivity index (χ3n) is 7.38. The second-order valence-electron chi connectivity index (χ2n) is 10.5. The van der Waals surface area contributed by atoms with E-state index < -0.39 is 0 Å². The quantitative estimate of drug-likeness (QED) is 0.0526. The molecular formula is C35H40INO4S2. The molecule has 0 saturated heterocycles. The number of aromatic nitrogens is 1. The maximum atomic E-state index is 6.33. The third-order valence-corrected chi connectivity index (χ3v) is 10.3. The van der Waals surface area contributed by atoms with E-state index in [0.29, 0.717) is 13.2 Å². The highest BCUT2D eigenvalue weighted by atomic mass is 127. The van der Waals surface area contributed by atoms with Crippen LogP contribution in [0.5, 0.6) is 23.0 Å². The molecule has 1 aromatic heterocycles. The summed E-state index contributed by atoms with van der Waals surface area (Å²) < 4.78 is 26.1. The van der Waals surface area contributed by atoms with E-state index in [1.54, 1.807) is 30.2 Å². The molecule has 0 saturated carbocycles. The Hall–Kier alpha value is -2.43. The minimum atomic E-state index is 0.223. The molecule has 2 heterocycles. The van der Waals surface area contributed by atoms with Gasteiger partial charge in [0.25, 0.3) is 0 Å². The molecule has 43 heavy (non-hydrogen) atoms. The van der Waals surface area contributed by atoms with E-state index in [4.69, 9.17) is 23.9 Å². The molecule has 0 radical (unpaired) electrons. The Morgan fingerprint density at radius 3 is 2.42 bits per heavy atom. The molecule has 1 aliphatic rings. The molecule has 0 N–H and O–H groups in total. The third kappa shape index (κ3) is 8.19. The first-order valence-electron chi connectivity index (χ1n) is 15.1. The summed E-state index contributed by atoms with van der Waals surface area (Å²) in [6, 6.07) is 18.9. The van der Waals surface area contributed by atoms with Crippen molar-refractivity contribution in [2.75, 3.05) is 20.3 Å². The normalized spacial score (nSPS) is 14.2. The number of hydrogen-bond acceptors (Lipinski definition) is 7. The average molecular weight is 730 g/mol. The second kappa shape index (κ2) is 16.0. The number of thiazole rings is 1. The SMILES string of the molecule is CCCc1c(OCCCOc2ccc(-c3csc(SCc4ccccc4)n3)c(OC)c2CCC)ccc2c1OC(I)CC2. The minimum Gasteiger partial charge on any atom is -0.496 e. The Morgan fingerprint density at radius 2 is 1.67 bits per heavy atom. The van der Waals surface area contributed by atoms with Crippen molar-refractivity contribution in [3.63, 3.8) is 0 Å². The Balaban J connectivity index is 1.22. The molecule has 0 bridgehead atoms. The number of alkyl halides is 1. The summed E-state index contributed by atoms with van der Waals surface area (Å²) >= 11 is 5.83. The van der Waals surface area contributed by atoms with Crippen LogP contribution in [0.3, 0.4) is 0 Å². The van der Waals surface area contributed by atoms with Crippen molar-refractivity contribution in [1.82, 2.24) is 4.98 Å². The van der Waals surface area contributed by atoms with Crippen molar-refractivity contribution in [2.24, 2.45) is 0 Å². The Kier molecular flexibility index (Phi) is 11.9. The molecule has 5 rings (SSSR count). The molecule has 228 valence electrons. The number of methoxy groups -OCH3 is 1. The number of halogens is 1. The van der Waals surface area contributed by atoms with Crippen molar-refractivity contribution in [2.45, 2.75) is 73.0 Å². The summed E-state index contributed by atoms with van der Waals surface area (Å²) in [4.78, 5) is 4.94. The number of ether oxygens (including phenoxy) is 4. The highest BCUT2D eigenvalue weighted by molar-refractivity contribution is 14.1. The predicted molar refractivity (Wildman–Crippen MR) is 187 cm³/mol. The maximum Gasteiger partial charge on any atom is 0.150 e. The molecule has 4 aromatic rings. The van der Waals surface area contributed by atoms with E-state index in [1.807, 2.05) is 6.07 Å². The maximum absolute atomic E-state index is 6.33. The number of rotatable bonds is 15. The Labute approximate surface area is 277 Å². The molecule has 0 aliphatic carbocycles. The molecule has 8 heteroatoms. The zero-order chi connectivity index (χ0) is 30.0. The zero-order valence-corrected chi connectivity index (χ0v) is 29.0. The first-order valence-corrected chi connectivity index (χ1v) is 18.3. The van der Waals surface area contributed by atoms with Crippen molar-refractivity contribution in [3.05, 3.63) is 82.2 Å². The number of aryl methyl sites for hydroxylation is 1. The minimum absolute atomic E-state index is 0.223. The molecule has 1 atom stereocenters. The van der Waals surface area contributed by atoms with Crippen LogP contribution >= 0.6 is 45.7 Å². The van der Waals surface area contributed by atoms with Gasteiger partial charge in [0.05, 0.1) is 26.0 Å². The topological polar surface area (TPSA) is 49.8 Å². The van der Waals surface area contributed by atoms with Crippen LogP contribution in [0.25, 0.3) is 11.3 Å². The van der Waals surface area contributed by atoms with Gasteiger partial charge in [0.15, 0.2) is 4.34 Å². The van der Waals surface area contributed by atoms with Crippen LogP contribution in [0, 0.1) is 0 Å². The van der Waals surface area contributed by atoms with Crippen LogP contribution < -0.4 is 18.9 Å². The lowest BCUT2D eigenvalue weighted by Crippen LogP contribution is -2.18. The standard InChI is InChI=1S/C35H40INO4S2/c1-4-10-27-30(17-14-25-15-19-32(36)41-33(25)27)39-20-9-21-40-31-18-16-26(34(38-3)28(31)11-5-2)29-23-43-35(37-29)42-22-24-12-7-6-8-13-24/h6-8,12-14,16-18,23,32H,4-5,9-11,15,19-22H2,1-3H3. The van der Waals surface area contributed by atoms with E-state index in [1.165, 1.54) is 16.7 Å². The van der Waals surface area contributed by atoms with E-state index in [2.05, 4.69) is 90.3 Å². The number of thioether (sulfide) groups is 1. The fourth-order valence-corrected chi connectivity index (χ4v) is 7.68. The van der Waals surface area contributed by atoms with Gasteiger partial charge in [-0.25, -0.2) is 4.98 Å². The Morgan fingerprint density at radius 1 is 0.953 bits per heavy atom. The van der Waals surface area contributed by atoms with Crippen molar-refractivity contribution in [1.29, 1.82) is 0 Å². The fourth-order valence-electron chi connectivity index (χ4n) is 5.34. The molecule has 1 unspecified atom stereocenters. The van der Waals surface area contributed by atoms with Gasteiger partial charge in [0, 0.05) is 34.2 Å². The summed E-state index contributed by atoms with van der Waals surface area (Å²) in [5.74, 6) is 4.61. The van der Waals surface area contributed by atoms with Crippen LogP contribution in [0.15, 0.2) is 64.3 Å². The van der Waals surface area contributed by atoms with Crippen molar-refractivity contribution < 1.29 is 18.9 Å².